The number of halogens is 2. The molecular weight excluding hydrogens is 570 g/mol. The van der Waals surface area contributed by atoms with Crippen LogP contribution in [-0.2, 0) is 16.6 Å². The summed E-state index contributed by atoms with van der Waals surface area (Å²) in [5.74, 6) is -0.129. The monoisotopic (exact) mass is 604 g/mol. The molecule has 2 aliphatic heterocycles. The highest BCUT2D eigenvalue weighted by atomic mass is 19.3. The molecule has 4 heterocycles. The summed E-state index contributed by atoms with van der Waals surface area (Å²) < 4.78 is 39.6. The molecule has 1 amide bonds. The van der Waals surface area contributed by atoms with Crippen molar-refractivity contribution in [3.8, 4) is 17.0 Å². The van der Waals surface area contributed by atoms with Gasteiger partial charge in [-0.1, -0.05) is 18.7 Å². The lowest BCUT2D eigenvalue weighted by Gasteiger charge is -2.41. The molecule has 44 heavy (non-hydrogen) atoms. The molecule has 2 saturated heterocycles. The molecule has 11 nitrogen and oxygen atoms in total. The number of aryl methyl sites for hydroxylation is 1. The minimum absolute atomic E-state index is 0.0710. The Morgan fingerprint density at radius 3 is 2.64 bits per heavy atom. The van der Waals surface area contributed by atoms with Crippen LogP contribution in [0.3, 0.4) is 0 Å². The molecule has 13 heteroatoms. The topological polar surface area (TPSA) is 110 Å². The Labute approximate surface area is 253 Å². The van der Waals surface area contributed by atoms with E-state index in [1.165, 1.54) is 12.4 Å². The lowest BCUT2D eigenvalue weighted by atomic mass is 10.0. The number of rotatable bonds is 9. The van der Waals surface area contributed by atoms with E-state index in [0.717, 1.165) is 55.6 Å². The van der Waals surface area contributed by atoms with Crippen molar-refractivity contribution >= 4 is 39.7 Å². The third-order valence-corrected chi connectivity index (χ3v) is 8.10. The summed E-state index contributed by atoms with van der Waals surface area (Å²) >= 11 is 0. The summed E-state index contributed by atoms with van der Waals surface area (Å²) in [4.78, 5) is 25.7. The zero-order chi connectivity index (χ0) is 30.6. The fourth-order valence-corrected chi connectivity index (χ4v) is 5.85. The average molecular weight is 605 g/mol. The fraction of sp³-hybridized carbons (Fsp3) is 0.355. The first-order valence-electron chi connectivity index (χ1n) is 14.5. The summed E-state index contributed by atoms with van der Waals surface area (Å²) in [5.41, 5.74) is 3.65. The molecule has 0 saturated carbocycles. The summed E-state index contributed by atoms with van der Waals surface area (Å²) in [6.07, 6.45) is 6.14. The number of morpholine rings is 1. The quantitative estimate of drug-likeness (QED) is 0.261. The lowest BCUT2D eigenvalue weighted by Crippen LogP contribution is -2.49. The van der Waals surface area contributed by atoms with E-state index in [-0.39, 0.29) is 11.4 Å². The number of anilines is 4. The van der Waals surface area contributed by atoms with Gasteiger partial charge in [-0.05, 0) is 31.1 Å². The second-order valence-electron chi connectivity index (χ2n) is 10.8. The Balaban J connectivity index is 1.30. The lowest BCUT2D eigenvalue weighted by molar-refractivity contribution is -0.111. The maximum atomic E-state index is 13.7. The van der Waals surface area contributed by atoms with Gasteiger partial charge in [-0.2, -0.15) is 13.9 Å². The number of hydrogen-bond donors (Lipinski definition) is 2. The van der Waals surface area contributed by atoms with Gasteiger partial charge in [-0.3, -0.25) is 14.4 Å². The third-order valence-electron chi connectivity index (χ3n) is 8.10. The molecule has 2 aromatic carbocycles. The summed E-state index contributed by atoms with van der Waals surface area (Å²) in [6, 6.07) is 11.1. The Hall–Kier alpha value is -4.62. The Morgan fingerprint density at radius 1 is 1.09 bits per heavy atom. The molecular formula is C31H34F2N8O3. The molecule has 2 N–H and O–H groups in total. The van der Waals surface area contributed by atoms with Gasteiger partial charge in [0.2, 0.25) is 5.91 Å². The first-order chi connectivity index (χ1) is 21.4. The van der Waals surface area contributed by atoms with Gasteiger partial charge in [0.05, 0.1) is 47.7 Å². The number of hydrogen-bond acceptors (Lipinski definition) is 9. The molecule has 0 spiro atoms. The predicted molar refractivity (Wildman–Crippen MR) is 165 cm³/mol. The molecule has 0 unspecified atom stereocenters. The minimum atomic E-state index is -3.06. The number of alkyl halides is 2. The molecule has 2 aromatic heterocycles. The van der Waals surface area contributed by atoms with Gasteiger partial charge in [-0.15, -0.1) is 0 Å². The van der Waals surface area contributed by atoms with Crippen molar-refractivity contribution in [2.75, 3.05) is 54.9 Å². The van der Waals surface area contributed by atoms with Gasteiger partial charge in [0.1, 0.15) is 12.1 Å². The van der Waals surface area contributed by atoms with Crippen LogP contribution in [0.1, 0.15) is 12.8 Å². The van der Waals surface area contributed by atoms with E-state index in [2.05, 4.69) is 42.1 Å². The number of aromatic nitrogens is 4. The van der Waals surface area contributed by atoms with E-state index in [4.69, 9.17) is 9.47 Å². The summed E-state index contributed by atoms with van der Waals surface area (Å²) in [5, 5.41) is 11.2. The molecule has 0 bridgehead atoms. The molecule has 230 valence electrons. The largest absolute Gasteiger partial charge is 0.433 e. The van der Waals surface area contributed by atoms with Crippen LogP contribution in [0.4, 0.5) is 31.7 Å². The van der Waals surface area contributed by atoms with Crippen molar-refractivity contribution in [2.45, 2.75) is 25.5 Å². The number of ether oxygens (including phenoxy) is 2. The number of piperidine rings is 1. The van der Waals surface area contributed by atoms with Crippen molar-refractivity contribution in [2.24, 2.45) is 7.05 Å². The van der Waals surface area contributed by atoms with Crippen LogP contribution in [0.2, 0.25) is 0 Å². The molecule has 4 aromatic rings. The zero-order valence-corrected chi connectivity index (χ0v) is 24.4. The van der Waals surface area contributed by atoms with Gasteiger partial charge in [0.15, 0.2) is 5.75 Å². The second-order valence-corrected chi connectivity index (χ2v) is 10.8. The molecule has 0 radical (unpaired) electrons. The number of amides is 1. The van der Waals surface area contributed by atoms with E-state index >= 15 is 0 Å². The van der Waals surface area contributed by atoms with E-state index in [1.54, 1.807) is 29.1 Å². The van der Waals surface area contributed by atoms with Crippen LogP contribution in [0, 0.1) is 0 Å². The highest BCUT2D eigenvalue weighted by molar-refractivity contribution is 6.02. The fourth-order valence-electron chi connectivity index (χ4n) is 5.85. The Morgan fingerprint density at radius 2 is 1.89 bits per heavy atom. The third kappa shape index (κ3) is 6.48. The minimum Gasteiger partial charge on any atom is -0.433 e. The van der Waals surface area contributed by atoms with Crippen LogP contribution in [0.25, 0.3) is 22.2 Å². The summed E-state index contributed by atoms with van der Waals surface area (Å²) in [7, 11) is 1.86. The van der Waals surface area contributed by atoms with Gasteiger partial charge >= 0.3 is 6.61 Å². The van der Waals surface area contributed by atoms with Crippen LogP contribution in [0.5, 0.6) is 5.75 Å². The van der Waals surface area contributed by atoms with Crippen molar-refractivity contribution in [3.63, 3.8) is 0 Å². The number of fused-ring (bicyclic) bond motifs is 1. The SMILES string of the molecule is C=CC(=O)Nc1cc(Nc2cc(-c3ccc4cnn(C)c4c3)ncn2)c(OC(F)F)cc1N1CCC(N2CCOCC2)CC1. The molecule has 6 rings (SSSR count). The number of benzene rings is 2. The number of carbonyl (C=O) groups is 1. The number of nitrogens with one attached hydrogen (secondary N) is 2. The van der Waals surface area contributed by atoms with Gasteiger partial charge < -0.3 is 25.0 Å². The van der Waals surface area contributed by atoms with Crippen molar-refractivity contribution in [1.82, 2.24) is 24.6 Å². The van der Waals surface area contributed by atoms with Crippen molar-refractivity contribution < 1.29 is 23.0 Å². The van der Waals surface area contributed by atoms with Crippen LogP contribution in [0.15, 0.2) is 61.6 Å². The van der Waals surface area contributed by atoms with E-state index in [0.29, 0.717) is 42.0 Å². The van der Waals surface area contributed by atoms with Crippen LogP contribution in [-0.4, -0.2) is 82.6 Å². The summed E-state index contributed by atoms with van der Waals surface area (Å²) in [6.45, 7) is 5.15. The van der Waals surface area contributed by atoms with Gasteiger partial charge in [0, 0.05) is 62.4 Å². The maximum absolute atomic E-state index is 13.7. The van der Waals surface area contributed by atoms with Crippen LogP contribution < -0.4 is 20.3 Å². The Bertz CT molecular complexity index is 1650. The molecule has 0 aliphatic carbocycles. The normalized spacial score (nSPS) is 16.3. The van der Waals surface area contributed by atoms with Gasteiger partial charge in [0.25, 0.3) is 0 Å². The van der Waals surface area contributed by atoms with E-state index < -0.39 is 12.5 Å². The first kappa shape index (κ1) is 29.5. The zero-order valence-electron chi connectivity index (χ0n) is 24.4. The Kier molecular flexibility index (Phi) is 8.66. The number of nitrogens with zero attached hydrogens (tertiary/aromatic N) is 6. The highest BCUT2D eigenvalue weighted by Crippen LogP contribution is 2.40. The molecule has 2 fully saturated rings. The van der Waals surface area contributed by atoms with Crippen molar-refractivity contribution in [3.05, 3.63) is 61.6 Å². The smallest absolute Gasteiger partial charge is 0.387 e. The first-order valence-corrected chi connectivity index (χ1v) is 14.5. The predicted octanol–water partition coefficient (Wildman–Crippen LogP) is 4.80. The van der Waals surface area contributed by atoms with E-state index in [1.807, 2.05) is 25.2 Å². The van der Waals surface area contributed by atoms with Crippen molar-refractivity contribution in [1.29, 1.82) is 0 Å². The standard InChI is InChI=1S/C31H34F2N8O3/c1-3-30(42)38-24-15-25(37-29-16-23(34-19-35-29)20-4-5-21-18-36-39(2)26(21)14-20)28(44-31(32)33)17-27(24)41-8-6-22(7-9-41)40-10-12-43-13-11-40/h3-5,14-19,22,31H,1,6-13H2,2H3,(H,38,42)(H,34,35,37). The maximum Gasteiger partial charge on any atom is 0.387 e. The van der Waals surface area contributed by atoms with E-state index in [9.17, 15) is 13.6 Å². The second kappa shape index (κ2) is 12.9. The van der Waals surface area contributed by atoms with Crippen LogP contribution >= 0.6 is 0 Å². The van der Waals surface area contributed by atoms with Gasteiger partial charge in [-0.25, -0.2) is 9.97 Å². The molecule has 0 atom stereocenters. The highest BCUT2D eigenvalue weighted by Gasteiger charge is 2.28. The number of carbonyl (C=O) groups excluding carboxylic acids is 1. The molecule has 2 aliphatic rings. The average Bonchev–Trinajstić information content (AvgIpc) is 3.42.